The Kier molecular flexibility index (Phi) is 8.85. The number of benzene rings is 1. The Morgan fingerprint density at radius 3 is 2.64 bits per heavy atom. The molecular formula is C20H27N3O2S3. The number of fused-ring (bicyclic) bond motifs is 1. The fourth-order valence-electron chi connectivity index (χ4n) is 2.49. The van der Waals surface area contributed by atoms with Crippen molar-refractivity contribution in [3.05, 3.63) is 30.4 Å². The number of aromatic nitrogens is 1. The number of nitrogens with zero attached hydrogens (tertiary/aromatic N) is 1. The molecular weight excluding hydrogens is 410 g/mol. The fraction of sp³-hybridized carbons (Fsp3) is 0.450. The van der Waals surface area contributed by atoms with Gasteiger partial charge in [0.1, 0.15) is 6.04 Å². The second-order valence-corrected chi connectivity index (χ2v) is 10.9. The van der Waals surface area contributed by atoms with E-state index in [0.717, 1.165) is 31.6 Å². The van der Waals surface area contributed by atoms with E-state index < -0.39 is 6.04 Å². The number of carbonyl (C=O) groups excluding carboxylic acids is 2. The number of rotatable bonds is 10. The number of carbonyl (C=O) groups is 2. The van der Waals surface area contributed by atoms with Gasteiger partial charge in [-0.1, -0.05) is 31.2 Å². The minimum atomic E-state index is -0.628. The molecule has 0 radical (unpaired) electrons. The van der Waals surface area contributed by atoms with Crippen molar-refractivity contribution in [3.63, 3.8) is 0 Å². The fourth-order valence-corrected chi connectivity index (χ4v) is 5.51. The third-order valence-electron chi connectivity index (χ3n) is 3.64. The number of hydrogen-bond acceptors (Lipinski definition) is 6. The van der Waals surface area contributed by atoms with Crippen LogP contribution in [-0.2, 0) is 9.59 Å². The van der Waals surface area contributed by atoms with Crippen molar-refractivity contribution >= 4 is 62.6 Å². The molecule has 0 aliphatic rings. The van der Waals surface area contributed by atoms with E-state index in [1.807, 2.05) is 36.9 Å². The molecule has 0 aliphatic carbocycles. The van der Waals surface area contributed by atoms with Crippen LogP contribution in [0, 0.1) is 0 Å². The van der Waals surface area contributed by atoms with Gasteiger partial charge < -0.3 is 10.6 Å². The Labute approximate surface area is 179 Å². The summed E-state index contributed by atoms with van der Waals surface area (Å²) >= 11 is 5.35. The lowest BCUT2D eigenvalue weighted by Gasteiger charge is -2.17. The lowest BCUT2D eigenvalue weighted by molar-refractivity contribution is -0.125. The van der Waals surface area contributed by atoms with Crippen LogP contribution >= 0.6 is 34.9 Å². The molecule has 0 saturated carbocycles. The van der Waals surface area contributed by atoms with Crippen LogP contribution in [0.2, 0.25) is 0 Å². The van der Waals surface area contributed by atoms with Gasteiger partial charge in [-0.25, -0.2) is 4.98 Å². The molecule has 28 heavy (non-hydrogen) atoms. The van der Waals surface area contributed by atoms with E-state index >= 15 is 0 Å². The monoisotopic (exact) mass is 437 g/mol. The van der Waals surface area contributed by atoms with Gasteiger partial charge in [-0.15, -0.1) is 17.9 Å². The topological polar surface area (TPSA) is 71.1 Å². The maximum Gasteiger partial charge on any atom is 0.247 e. The molecule has 152 valence electrons. The molecule has 0 aliphatic heterocycles. The van der Waals surface area contributed by atoms with E-state index in [4.69, 9.17) is 0 Å². The average molecular weight is 438 g/mol. The SMILES string of the molecule is C=C(C)CC(NC(C)=O)C(=O)Nc1ccc2nc(SCCSC(C)C)sc2c1. The highest BCUT2D eigenvalue weighted by atomic mass is 32.2. The first kappa shape index (κ1) is 22.8. The van der Waals surface area contributed by atoms with Crippen molar-refractivity contribution in [1.82, 2.24) is 10.3 Å². The number of amides is 2. The standard InChI is InChI=1S/C20H27N3O2S3/c1-12(2)10-17(21-14(5)24)19(25)22-15-6-7-16-18(11-15)28-20(23-16)27-9-8-26-13(3)4/h6-7,11,13,17H,1,8-10H2,2-5H3,(H,21,24)(H,22,25). The molecule has 1 aromatic heterocycles. The molecule has 5 nitrogen and oxygen atoms in total. The first-order chi connectivity index (χ1) is 13.2. The van der Waals surface area contributed by atoms with Gasteiger partial charge in [0.05, 0.1) is 10.2 Å². The van der Waals surface area contributed by atoms with Crippen LogP contribution in [0.5, 0.6) is 0 Å². The highest BCUT2D eigenvalue weighted by molar-refractivity contribution is 8.04. The minimum Gasteiger partial charge on any atom is -0.344 e. The number of hydrogen-bond donors (Lipinski definition) is 2. The third kappa shape index (κ3) is 7.48. The van der Waals surface area contributed by atoms with Crippen molar-refractivity contribution in [3.8, 4) is 0 Å². The van der Waals surface area contributed by atoms with Crippen molar-refractivity contribution in [2.45, 2.75) is 49.7 Å². The van der Waals surface area contributed by atoms with Crippen LogP contribution in [-0.4, -0.2) is 39.6 Å². The zero-order valence-corrected chi connectivity index (χ0v) is 19.2. The zero-order valence-electron chi connectivity index (χ0n) is 16.7. The third-order valence-corrected chi connectivity index (χ3v) is 7.17. The first-order valence-electron chi connectivity index (χ1n) is 9.12. The summed E-state index contributed by atoms with van der Waals surface area (Å²) in [6.45, 7) is 11.5. The molecule has 0 bridgehead atoms. The first-order valence-corrected chi connectivity index (χ1v) is 12.0. The summed E-state index contributed by atoms with van der Waals surface area (Å²) in [5.41, 5.74) is 2.47. The molecule has 1 heterocycles. The summed E-state index contributed by atoms with van der Waals surface area (Å²) < 4.78 is 2.08. The Hall–Kier alpha value is -1.51. The second kappa shape index (κ2) is 10.9. The van der Waals surface area contributed by atoms with E-state index in [1.165, 1.54) is 6.92 Å². The van der Waals surface area contributed by atoms with Crippen molar-refractivity contribution in [2.24, 2.45) is 0 Å². The van der Waals surface area contributed by atoms with Gasteiger partial charge in [0.2, 0.25) is 11.8 Å². The molecule has 2 rings (SSSR count). The summed E-state index contributed by atoms with van der Waals surface area (Å²) in [7, 11) is 0. The van der Waals surface area contributed by atoms with Gasteiger partial charge in [0.25, 0.3) is 0 Å². The summed E-state index contributed by atoms with van der Waals surface area (Å²) in [4.78, 5) is 28.6. The van der Waals surface area contributed by atoms with Crippen LogP contribution < -0.4 is 10.6 Å². The van der Waals surface area contributed by atoms with E-state index in [-0.39, 0.29) is 11.8 Å². The van der Waals surface area contributed by atoms with E-state index in [0.29, 0.717) is 17.4 Å². The predicted octanol–water partition coefficient (Wildman–Crippen LogP) is 4.94. The Balaban J connectivity index is 2.03. The smallest absolute Gasteiger partial charge is 0.247 e. The number of nitrogens with one attached hydrogen (secondary N) is 2. The van der Waals surface area contributed by atoms with E-state index in [9.17, 15) is 9.59 Å². The van der Waals surface area contributed by atoms with Crippen molar-refractivity contribution in [1.29, 1.82) is 0 Å². The van der Waals surface area contributed by atoms with Gasteiger partial charge in [-0.3, -0.25) is 9.59 Å². The average Bonchev–Trinajstić information content (AvgIpc) is 2.99. The number of anilines is 1. The Bertz CT molecular complexity index is 832. The van der Waals surface area contributed by atoms with Gasteiger partial charge in [0, 0.05) is 24.1 Å². The van der Waals surface area contributed by atoms with Gasteiger partial charge in [-0.2, -0.15) is 11.8 Å². The molecule has 0 fully saturated rings. The lowest BCUT2D eigenvalue weighted by atomic mass is 10.1. The van der Waals surface area contributed by atoms with Gasteiger partial charge >= 0.3 is 0 Å². The quantitative estimate of drug-likeness (QED) is 0.313. The normalized spacial score (nSPS) is 12.2. The minimum absolute atomic E-state index is 0.239. The zero-order chi connectivity index (χ0) is 20.7. The molecule has 0 spiro atoms. The summed E-state index contributed by atoms with van der Waals surface area (Å²) in [5, 5.41) is 6.22. The van der Waals surface area contributed by atoms with Gasteiger partial charge in [0.15, 0.2) is 4.34 Å². The summed E-state index contributed by atoms with van der Waals surface area (Å²) in [6, 6.07) is 5.06. The molecule has 2 N–H and O–H groups in total. The molecule has 2 amide bonds. The molecule has 1 atom stereocenters. The Morgan fingerprint density at radius 2 is 2.00 bits per heavy atom. The molecule has 1 unspecified atom stereocenters. The van der Waals surface area contributed by atoms with E-state index in [2.05, 4.69) is 36.0 Å². The molecule has 0 saturated heterocycles. The largest absolute Gasteiger partial charge is 0.344 e. The maximum atomic E-state index is 12.6. The summed E-state index contributed by atoms with van der Waals surface area (Å²) in [6.07, 6.45) is 0.406. The van der Waals surface area contributed by atoms with E-state index in [1.54, 1.807) is 23.1 Å². The van der Waals surface area contributed by atoms with Crippen LogP contribution in [0.3, 0.4) is 0 Å². The van der Waals surface area contributed by atoms with Crippen LogP contribution in [0.1, 0.15) is 34.1 Å². The summed E-state index contributed by atoms with van der Waals surface area (Å²) in [5.74, 6) is 1.65. The Morgan fingerprint density at radius 1 is 1.25 bits per heavy atom. The van der Waals surface area contributed by atoms with Crippen LogP contribution in [0.4, 0.5) is 5.69 Å². The molecule has 1 aromatic carbocycles. The lowest BCUT2D eigenvalue weighted by Crippen LogP contribution is -2.43. The van der Waals surface area contributed by atoms with Crippen LogP contribution in [0.15, 0.2) is 34.7 Å². The van der Waals surface area contributed by atoms with Gasteiger partial charge in [-0.05, 0) is 36.8 Å². The number of thioether (sulfide) groups is 2. The van der Waals surface area contributed by atoms with Crippen molar-refractivity contribution in [2.75, 3.05) is 16.8 Å². The molecule has 2 aromatic rings. The van der Waals surface area contributed by atoms with Crippen molar-refractivity contribution < 1.29 is 9.59 Å². The number of thiazole rings is 1. The predicted molar refractivity (Wildman–Crippen MR) is 124 cm³/mol. The van der Waals surface area contributed by atoms with Crippen LogP contribution in [0.25, 0.3) is 10.2 Å². The molecule has 8 heteroatoms. The highest BCUT2D eigenvalue weighted by Crippen LogP contribution is 2.32. The second-order valence-electron chi connectivity index (χ2n) is 6.83. The highest BCUT2D eigenvalue weighted by Gasteiger charge is 2.20. The maximum absolute atomic E-state index is 12.6.